The molecule has 5 heteroatoms. The number of hydrogen-bond donors (Lipinski definition) is 1. The molecule has 138 valence electrons. The van der Waals surface area contributed by atoms with Crippen molar-refractivity contribution in [3.8, 4) is 5.75 Å². The predicted octanol–water partition coefficient (Wildman–Crippen LogP) is 3.10. The van der Waals surface area contributed by atoms with Gasteiger partial charge in [-0.15, -0.1) is 0 Å². The van der Waals surface area contributed by atoms with Crippen molar-refractivity contribution in [2.24, 2.45) is 0 Å². The lowest BCUT2D eigenvalue weighted by molar-refractivity contribution is 0.0697. The van der Waals surface area contributed by atoms with Crippen molar-refractivity contribution < 1.29 is 14.6 Å². The lowest BCUT2D eigenvalue weighted by Crippen LogP contribution is -2.45. The highest BCUT2D eigenvalue weighted by molar-refractivity contribution is 5.87. The van der Waals surface area contributed by atoms with Crippen LogP contribution in [0, 0.1) is 0 Å². The molecule has 3 rings (SSSR count). The van der Waals surface area contributed by atoms with E-state index in [2.05, 4.69) is 21.9 Å². The first-order valence-electron chi connectivity index (χ1n) is 9.12. The van der Waals surface area contributed by atoms with E-state index in [-0.39, 0.29) is 0 Å². The van der Waals surface area contributed by atoms with Gasteiger partial charge in [-0.05, 0) is 42.3 Å². The van der Waals surface area contributed by atoms with Gasteiger partial charge in [-0.25, -0.2) is 4.79 Å². The minimum absolute atomic E-state index is 0.342. The highest BCUT2D eigenvalue weighted by Crippen LogP contribution is 2.15. The summed E-state index contributed by atoms with van der Waals surface area (Å²) in [6.45, 7) is 8.66. The second-order valence-electron chi connectivity index (χ2n) is 6.63. The molecule has 1 aliphatic heterocycles. The SMILES string of the molecule is CCOc1ccc(CN2CCN(Cc3ccc(C(=O)O)cc3)CC2)cc1. The molecule has 0 aromatic heterocycles. The van der Waals surface area contributed by atoms with Crippen LogP contribution in [0.25, 0.3) is 0 Å². The summed E-state index contributed by atoms with van der Waals surface area (Å²) >= 11 is 0. The Hall–Kier alpha value is -2.37. The maximum atomic E-state index is 10.9. The molecule has 0 bridgehead atoms. The Morgan fingerprint density at radius 2 is 1.35 bits per heavy atom. The van der Waals surface area contributed by atoms with Crippen LogP contribution in [0.2, 0.25) is 0 Å². The van der Waals surface area contributed by atoms with Crippen molar-refractivity contribution in [3.63, 3.8) is 0 Å². The zero-order valence-corrected chi connectivity index (χ0v) is 15.2. The summed E-state index contributed by atoms with van der Waals surface area (Å²) in [5.41, 5.74) is 2.81. The van der Waals surface area contributed by atoms with E-state index < -0.39 is 5.97 Å². The normalized spacial score (nSPS) is 15.7. The minimum Gasteiger partial charge on any atom is -0.494 e. The number of piperazine rings is 1. The number of ether oxygens (including phenoxy) is 1. The summed E-state index contributed by atoms with van der Waals surface area (Å²) in [7, 11) is 0. The Morgan fingerprint density at radius 3 is 1.77 bits per heavy atom. The van der Waals surface area contributed by atoms with Gasteiger partial charge in [-0.2, -0.15) is 0 Å². The third-order valence-electron chi connectivity index (χ3n) is 4.71. The Bertz CT molecular complexity index is 705. The van der Waals surface area contributed by atoms with Crippen LogP contribution in [0.3, 0.4) is 0 Å². The lowest BCUT2D eigenvalue weighted by Gasteiger charge is -2.34. The summed E-state index contributed by atoms with van der Waals surface area (Å²) in [4.78, 5) is 15.8. The zero-order chi connectivity index (χ0) is 18.4. The van der Waals surface area contributed by atoms with Crippen LogP contribution < -0.4 is 4.74 Å². The fourth-order valence-corrected chi connectivity index (χ4v) is 3.23. The van der Waals surface area contributed by atoms with Crippen LogP contribution in [-0.2, 0) is 13.1 Å². The van der Waals surface area contributed by atoms with Crippen LogP contribution in [0.15, 0.2) is 48.5 Å². The maximum Gasteiger partial charge on any atom is 0.335 e. The molecule has 2 aromatic rings. The van der Waals surface area contributed by atoms with Crippen molar-refractivity contribution in [2.75, 3.05) is 32.8 Å². The molecule has 26 heavy (non-hydrogen) atoms. The van der Waals surface area contributed by atoms with Crippen LogP contribution in [0.4, 0.5) is 0 Å². The number of carboxylic acid groups (broad SMARTS) is 1. The van der Waals surface area contributed by atoms with Crippen LogP contribution >= 0.6 is 0 Å². The lowest BCUT2D eigenvalue weighted by atomic mass is 10.1. The highest BCUT2D eigenvalue weighted by Gasteiger charge is 2.17. The second kappa shape index (κ2) is 8.83. The molecule has 1 saturated heterocycles. The first-order chi connectivity index (χ1) is 12.6. The molecule has 1 aliphatic rings. The molecule has 0 spiro atoms. The number of carbonyl (C=O) groups is 1. The van der Waals surface area contributed by atoms with Gasteiger partial charge >= 0.3 is 5.97 Å². The van der Waals surface area contributed by atoms with E-state index in [0.29, 0.717) is 12.2 Å². The van der Waals surface area contributed by atoms with Gasteiger partial charge in [0, 0.05) is 39.3 Å². The fourth-order valence-electron chi connectivity index (χ4n) is 3.23. The molecular weight excluding hydrogens is 328 g/mol. The molecule has 0 atom stereocenters. The van der Waals surface area contributed by atoms with E-state index in [0.717, 1.165) is 50.6 Å². The molecule has 0 amide bonds. The van der Waals surface area contributed by atoms with Gasteiger partial charge in [-0.1, -0.05) is 24.3 Å². The largest absolute Gasteiger partial charge is 0.494 e. The molecular formula is C21H26N2O3. The highest BCUT2D eigenvalue weighted by atomic mass is 16.5. The number of nitrogens with zero attached hydrogens (tertiary/aromatic N) is 2. The molecule has 0 unspecified atom stereocenters. The van der Waals surface area contributed by atoms with E-state index in [1.54, 1.807) is 12.1 Å². The molecule has 0 radical (unpaired) electrons. The number of hydrogen-bond acceptors (Lipinski definition) is 4. The van der Waals surface area contributed by atoms with Gasteiger partial charge in [0.1, 0.15) is 5.75 Å². The smallest absolute Gasteiger partial charge is 0.335 e. The molecule has 2 aromatic carbocycles. The number of rotatable bonds is 7. The van der Waals surface area contributed by atoms with E-state index in [9.17, 15) is 4.79 Å². The van der Waals surface area contributed by atoms with Crippen LogP contribution in [0.5, 0.6) is 5.75 Å². The average Bonchev–Trinajstić information content (AvgIpc) is 2.66. The second-order valence-corrected chi connectivity index (χ2v) is 6.63. The van der Waals surface area contributed by atoms with Crippen LogP contribution in [0.1, 0.15) is 28.4 Å². The van der Waals surface area contributed by atoms with E-state index in [4.69, 9.17) is 9.84 Å². The van der Waals surface area contributed by atoms with Crippen molar-refractivity contribution in [2.45, 2.75) is 20.0 Å². The van der Waals surface area contributed by atoms with Gasteiger partial charge in [0.05, 0.1) is 12.2 Å². The van der Waals surface area contributed by atoms with E-state index >= 15 is 0 Å². The standard InChI is InChI=1S/C21H26N2O3/c1-2-26-20-9-5-18(6-10-20)16-23-13-11-22(12-14-23)15-17-3-7-19(8-4-17)21(24)25/h3-10H,2,11-16H2,1H3,(H,24,25). The topological polar surface area (TPSA) is 53.0 Å². The molecule has 1 N–H and O–H groups in total. The number of benzene rings is 2. The van der Waals surface area contributed by atoms with Gasteiger partial charge < -0.3 is 9.84 Å². The molecule has 5 nitrogen and oxygen atoms in total. The predicted molar refractivity (Wildman–Crippen MR) is 102 cm³/mol. The third kappa shape index (κ3) is 5.07. The van der Waals surface area contributed by atoms with Gasteiger partial charge in [0.25, 0.3) is 0 Å². The van der Waals surface area contributed by atoms with Crippen molar-refractivity contribution >= 4 is 5.97 Å². The van der Waals surface area contributed by atoms with Gasteiger partial charge in [0.15, 0.2) is 0 Å². The third-order valence-corrected chi connectivity index (χ3v) is 4.71. The Labute approximate surface area is 154 Å². The van der Waals surface area contributed by atoms with Gasteiger partial charge in [0.2, 0.25) is 0 Å². The Morgan fingerprint density at radius 1 is 0.885 bits per heavy atom. The quantitative estimate of drug-likeness (QED) is 0.828. The maximum absolute atomic E-state index is 10.9. The number of aromatic carboxylic acids is 1. The zero-order valence-electron chi connectivity index (χ0n) is 15.2. The summed E-state index contributed by atoms with van der Waals surface area (Å²) in [6, 6.07) is 15.5. The summed E-state index contributed by atoms with van der Waals surface area (Å²) in [5, 5.41) is 8.97. The fraction of sp³-hybridized carbons (Fsp3) is 0.381. The molecule has 1 fully saturated rings. The van der Waals surface area contributed by atoms with E-state index in [1.807, 2.05) is 31.2 Å². The minimum atomic E-state index is -0.876. The average molecular weight is 354 g/mol. The van der Waals surface area contributed by atoms with Crippen LogP contribution in [-0.4, -0.2) is 53.7 Å². The van der Waals surface area contributed by atoms with Crippen molar-refractivity contribution in [3.05, 3.63) is 65.2 Å². The first-order valence-corrected chi connectivity index (χ1v) is 9.12. The molecule has 0 aliphatic carbocycles. The summed E-state index contributed by atoms with van der Waals surface area (Å²) in [5.74, 6) is 0.0504. The first kappa shape index (κ1) is 18.4. The Kier molecular flexibility index (Phi) is 6.26. The Balaban J connectivity index is 1.45. The molecule has 1 heterocycles. The van der Waals surface area contributed by atoms with Gasteiger partial charge in [-0.3, -0.25) is 9.80 Å². The number of carboxylic acids is 1. The summed E-state index contributed by atoms with van der Waals surface area (Å²) in [6.07, 6.45) is 0. The van der Waals surface area contributed by atoms with Crippen molar-refractivity contribution in [1.82, 2.24) is 9.80 Å². The molecule has 0 saturated carbocycles. The van der Waals surface area contributed by atoms with Crippen molar-refractivity contribution in [1.29, 1.82) is 0 Å². The summed E-state index contributed by atoms with van der Waals surface area (Å²) < 4.78 is 5.49. The monoisotopic (exact) mass is 354 g/mol. The van der Waals surface area contributed by atoms with E-state index in [1.165, 1.54) is 5.56 Å².